The van der Waals surface area contributed by atoms with Crippen LogP contribution in [0.15, 0.2) is 36.4 Å². The molecule has 2 bridgehead atoms. The minimum atomic E-state index is -0.481. The standard InChI is InChI=1S/C21H27NO3/c1-20(2)11-17-12-21(3,14-20)15-22(17)18(23)13-25-19(24)10-9-16-7-5-4-6-8-16/h4-10,17H,11-15H2,1-3H3/b10-9+. The Bertz CT molecular complexity index is 680. The molecule has 0 aromatic heterocycles. The van der Waals surface area contributed by atoms with Gasteiger partial charge in [-0.1, -0.05) is 51.1 Å². The molecule has 2 fully saturated rings. The van der Waals surface area contributed by atoms with Gasteiger partial charge in [-0.05, 0) is 41.7 Å². The van der Waals surface area contributed by atoms with Crippen LogP contribution in [0, 0.1) is 10.8 Å². The first kappa shape index (κ1) is 17.7. The molecule has 4 heteroatoms. The second kappa shape index (κ2) is 6.66. The highest BCUT2D eigenvalue weighted by Crippen LogP contribution is 2.52. The zero-order chi connectivity index (χ0) is 18.1. The van der Waals surface area contributed by atoms with Crippen LogP contribution in [-0.2, 0) is 14.3 Å². The molecule has 0 N–H and O–H groups in total. The van der Waals surface area contributed by atoms with Crippen molar-refractivity contribution in [3.05, 3.63) is 42.0 Å². The molecule has 2 atom stereocenters. The van der Waals surface area contributed by atoms with E-state index in [0.29, 0.717) is 0 Å². The summed E-state index contributed by atoms with van der Waals surface area (Å²) in [7, 11) is 0. The normalized spacial score (nSPS) is 27.5. The molecule has 1 aromatic carbocycles. The number of esters is 1. The topological polar surface area (TPSA) is 46.6 Å². The van der Waals surface area contributed by atoms with Crippen LogP contribution in [0.3, 0.4) is 0 Å². The third kappa shape index (κ3) is 4.30. The minimum Gasteiger partial charge on any atom is -0.452 e. The van der Waals surface area contributed by atoms with Crippen molar-refractivity contribution in [2.45, 2.75) is 46.1 Å². The molecule has 0 spiro atoms. The molecule has 3 rings (SSSR count). The van der Waals surface area contributed by atoms with Crippen LogP contribution in [0.4, 0.5) is 0 Å². The van der Waals surface area contributed by atoms with Crippen molar-refractivity contribution in [3.8, 4) is 0 Å². The zero-order valence-corrected chi connectivity index (χ0v) is 15.3. The van der Waals surface area contributed by atoms with E-state index < -0.39 is 5.97 Å². The maximum Gasteiger partial charge on any atom is 0.331 e. The van der Waals surface area contributed by atoms with E-state index in [2.05, 4.69) is 20.8 Å². The van der Waals surface area contributed by atoms with Gasteiger partial charge in [0.2, 0.25) is 0 Å². The molecule has 1 amide bonds. The van der Waals surface area contributed by atoms with Gasteiger partial charge in [-0.3, -0.25) is 4.79 Å². The average Bonchev–Trinajstić information content (AvgIpc) is 2.80. The van der Waals surface area contributed by atoms with Crippen molar-refractivity contribution in [1.29, 1.82) is 0 Å². The Kier molecular flexibility index (Phi) is 4.72. The fraction of sp³-hybridized carbons (Fsp3) is 0.524. The van der Waals surface area contributed by atoms with Gasteiger partial charge in [0.15, 0.2) is 6.61 Å². The Morgan fingerprint density at radius 2 is 1.92 bits per heavy atom. The number of carbonyl (C=O) groups is 2. The number of benzene rings is 1. The lowest BCUT2D eigenvalue weighted by atomic mass is 9.65. The third-order valence-corrected chi connectivity index (χ3v) is 5.28. The maximum atomic E-state index is 12.5. The van der Waals surface area contributed by atoms with Crippen molar-refractivity contribution in [2.75, 3.05) is 13.2 Å². The van der Waals surface area contributed by atoms with Gasteiger partial charge in [-0.2, -0.15) is 0 Å². The molecule has 1 aliphatic heterocycles. The van der Waals surface area contributed by atoms with Crippen LogP contribution in [0.2, 0.25) is 0 Å². The quantitative estimate of drug-likeness (QED) is 0.620. The van der Waals surface area contributed by atoms with Gasteiger partial charge in [-0.15, -0.1) is 0 Å². The Balaban J connectivity index is 1.53. The second-order valence-corrected chi connectivity index (χ2v) is 8.59. The van der Waals surface area contributed by atoms with E-state index in [-0.39, 0.29) is 29.4 Å². The van der Waals surface area contributed by atoms with Crippen LogP contribution in [0.1, 0.15) is 45.6 Å². The summed E-state index contributed by atoms with van der Waals surface area (Å²) in [6.07, 6.45) is 6.29. The molecular formula is C21H27NO3. The fourth-order valence-corrected chi connectivity index (χ4v) is 4.74. The lowest BCUT2D eigenvalue weighted by molar-refractivity contribution is -0.148. The molecule has 1 heterocycles. The maximum absolute atomic E-state index is 12.5. The summed E-state index contributed by atoms with van der Waals surface area (Å²) >= 11 is 0. The summed E-state index contributed by atoms with van der Waals surface area (Å²) in [5.41, 5.74) is 1.38. The lowest BCUT2D eigenvalue weighted by Crippen LogP contribution is -2.39. The van der Waals surface area contributed by atoms with Gasteiger partial charge in [0.25, 0.3) is 5.91 Å². The van der Waals surface area contributed by atoms with Gasteiger partial charge in [0.05, 0.1) is 0 Å². The zero-order valence-electron chi connectivity index (χ0n) is 15.3. The van der Waals surface area contributed by atoms with Crippen LogP contribution >= 0.6 is 0 Å². The number of hydrogen-bond acceptors (Lipinski definition) is 3. The summed E-state index contributed by atoms with van der Waals surface area (Å²) < 4.78 is 5.15. The lowest BCUT2D eigenvalue weighted by Gasteiger charge is -2.39. The molecule has 25 heavy (non-hydrogen) atoms. The number of carbonyl (C=O) groups excluding carboxylic acids is 2. The Morgan fingerprint density at radius 1 is 1.20 bits per heavy atom. The number of nitrogens with zero attached hydrogens (tertiary/aromatic N) is 1. The second-order valence-electron chi connectivity index (χ2n) is 8.59. The smallest absolute Gasteiger partial charge is 0.331 e. The average molecular weight is 341 g/mol. The Hall–Kier alpha value is -2.10. The van der Waals surface area contributed by atoms with E-state index in [4.69, 9.17) is 4.74 Å². The van der Waals surface area contributed by atoms with E-state index in [1.165, 1.54) is 6.08 Å². The van der Waals surface area contributed by atoms with Crippen LogP contribution in [0.5, 0.6) is 0 Å². The molecule has 134 valence electrons. The van der Waals surface area contributed by atoms with Crippen LogP contribution in [-0.4, -0.2) is 36.0 Å². The molecule has 1 aliphatic carbocycles. The molecule has 2 unspecified atom stereocenters. The molecule has 4 nitrogen and oxygen atoms in total. The van der Waals surface area contributed by atoms with Crippen molar-refractivity contribution < 1.29 is 14.3 Å². The first-order chi connectivity index (χ1) is 11.8. The summed E-state index contributed by atoms with van der Waals surface area (Å²) in [6, 6.07) is 9.82. The summed E-state index contributed by atoms with van der Waals surface area (Å²) in [5, 5.41) is 0. The number of fused-ring (bicyclic) bond motifs is 2. The van der Waals surface area contributed by atoms with Gasteiger partial charge in [-0.25, -0.2) is 4.79 Å². The molecule has 1 aromatic rings. The van der Waals surface area contributed by atoms with E-state index in [9.17, 15) is 9.59 Å². The molecule has 0 radical (unpaired) electrons. The minimum absolute atomic E-state index is 0.0760. The van der Waals surface area contributed by atoms with Gasteiger partial charge in [0.1, 0.15) is 0 Å². The molecule has 1 saturated heterocycles. The van der Waals surface area contributed by atoms with E-state index in [1.807, 2.05) is 35.2 Å². The number of rotatable bonds is 4. The first-order valence-corrected chi connectivity index (χ1v) is 8.96. The summed E-state index contributed by atoms with van der Waals surface area (Å²) in [5.74, 6) is -0.557. The van der Waals surface area contributed by atoms with Crippen LogP contribution < -0.4 is 0 Å². The molecule has 1 saturated carbocycles. The summed E-state index contributed by atoms with van der Waals surface area (Å²) in [4.78, 5) is 26.3. The Labute approximate surface area is 149 Å². The van der Waals surface area contributed by atoms with Gasteiger partial charge < -0.3 is 9.64 Å². The third-order valence-electron chi connectivity index (χ3n) is 5.28. The number of likely N-dealkylation sites (tertiary alicyclic amines) is 1. The van der Waals surface area contributed by atoms with E-state index >= 15 is 0 Å². The van der Waals surface area contributed by atoms with Crippen LogP contribution in [0.25, 0.3) is 6.08 Å². The van der Waals surface area contributed by atoms with Gasteiger partial charge >= 0.3 is 5.97 Å². The number of hydrogen-bond donors (Lipinski definition) is 0. The predicted molar refractivity (Wildman–Crippen MR) is 97.7 cm³/mol. The molecule has 2 aliphatic rings. The highest BCUT2D eigenvalue weighted by molar-refractivity contribution is 5.89. The highest BCUT2D eigenvalue weighted by atomic mass is 16.5. The van der Waals surface area contributed by atoms with E-state index in [1.54, 1.807) is 6.08 Å². The fourth-order valence-electron chi connectivity index (χ4n) is 4.74. The SMILES string of the molecule is CC1(C)CC2CC(C)(CN2C(=O)COC(=O)/C=C/c2ccccc2)C1. The Morgan fingerprint density at radius 3 is 2.64 bits per heavy atom. The van der Waals surface area contributed by atoms with E-state index in [0.717, 1.165) is 31.4 Å². The number of ether oxygens (including phenoxy) is 1. The largest absolute Gasteiger partial charge is 0.452 e. The molecular weight excluding hydrogens is 314 g/mol. The van der Waals surface area contributed by atoms with Crippen molar-refractivity contribution in [3.63, 3.8) is 0 Å². The first-order valence-electron chi connectivity index (χ1n) is 8.96. The summed E-state index contributed by atoms with van der Waals surface area (Å²) in [6.45, 7) is 7.42. The monoisotopic (exact) mass is 341 g/mol. The van der Waals surface area contributed by atoms with Crippen molar-refractivity contribution in [2.24, 2.45) is 10.8 Å². The van der Waals surface area contributed by atoms with Crippen molar-refractivity contribution >= 4 is 18.0 Å². The predicted octanol–water partition coefficient (Wildman–Crippen LogP) is 3.67. The highest BCUT2D eigenvalue weighted by Gasteiger charge is 2.50. The number of amides is 1. The van der Waals surface area contributed by atoms with Crippen molar-refractivity contribution in [1.82, 2.24) is 4.90 Å². The van der Waals surface area contributed by atoms with Gasteiger partial charge in [0, 0.05) is 18.7 Å².